The van der Waals surface area contributed by atoms with Gasteiger partial charge in [0.1, 0.15) is 0 Å². The molecular weight excluding hydrogens is 246 g/mol. The molecule has 2 saturated carbocycles. The van der Waals surface area contributed by atoms with E-state index < -0.39 is 0 Å². The van der Waals surface area contributed by atoms with Crippen molar-refractivity contribution in [1.29, 1.82) is 0 Å². The second-order valence-corrected chi connectivity index (χ2v) is 6.54. The molecule has 2 aliphatic rings. The summed E-state index contributed by atoms with van der Waals surface area (Å²) < 4.78 is 5.11. The van der Waals surface area contributed by atoms with Crippen molar-refractivity contribution < 1.29 is 4.74 Å². The third-order valence-electron chi connectivity index (χ3n) is 5.43. The highest BCUT2D eigenvalue weighted by atomic mass is 16.5. The molecule has 2 nitrogen and oxygen atoms in total. The molecule has 1 N–H and O–H groups in total. The molecule has 110 valence electrons. The molecule has 0 aliphatic heterocycles. The van der Waals surface area contributed by atoms with Gasteiger partial charge in [-0.15, -0.1) is 0 Å². The third kappa shape index (κ3) is 2.77. The Morgan fingerprint density at radius 1 is 1.25 bits per heavy atom. The van der Waals surface area contributed by atoms with Crippen molar-refractivity contribution >= 4 is 0 Å². The summed E-state index contributed by atoms with van der Waals surface area (Å²) >= 11 is 0. The quantitative estimate of drug-likeness (QED) is 0.800. The van der Waals surface area contributed by atoms with E-state index in [4.69, 9.17) is 4.74 Å². The number of nitrogens with one attached hydrogen (secondary N) is 1. The number of benzene rings is 1. The highest BCUT2D eigenvalue weighted by molar-refractivity contribution is 5.27. The average molecular weight is 273 g/mol. The molecule has 2 fully saturated rings. The number of methoxy groups -OCH3 is 1. The SMILES string of the molecule is COCCNCC1CC12CCCCC2c1ccccc1. The second-order valence-electron chi connectivity index (χ2n) is 6.54. The molecule has 3 rings (SSSR count). The maximum Gasteiger partial charge on any atom is 0.0587 e. The highest BCUT2D eigenvalue weighted by Gasteiger charge is 2.58. The Morgan fingerprint density at radius 2 is 2.10 bits per heavy atom. The van der Waals surface area contributed by atoms with E-state index in [0.717, 1.165) is 25.0 Å². The molecule has 0 heterocycles. The molecule has 0 amide bonds. The van der Waals surface area contributed by atoms with Crippen molar-refractivity contribution in [2.45, 2.75) is 38.0 Å². The Labute approximate surface area is 122 Å². The first-order valence-electron chi connectivity index (χ1n) is 8.11. The van der Waals surface area contributed by atoms with E-state index >= 15 is 0 Å². The summed E-state index contributed by atoms with van der Waals surface area (Å²) in [5.74, 6) is 1.68. The van der Waals surface area contributed by atoms with Crippen molar-refractivity contribution in [3.8, 4) is 0 Å². The molecular formula is C18H27NO. The second kappa shape index (κ2) is 6.28. The summed E-state index contributed by atoms with van der Waals surface area (Å²) in [6.45, 7) is 2.98. The first-order valence-corrected chi connectivity index (χ1v) is 8.11. The Balaban J connectivity index is 1.62. The van der Waals surface area contributed by atoms with Crippen LogP contribution in [0.5, 0.6) is 0 Å². The fourth-order valence-corrected chi connectivity index (χ4v) is 4.31. The maximum absolute atomic E-state index is 5.11. The number of hydrogen-bond acceptors (Lipinski definition) is 2. The van der Waals surface area contributed by atoms with E-state index in [-0.39, 0.29) is 0 Å². The molecule has 0 bridgehead atoms. The molecule has 1 aromatic rings. The lowest BCUT2D eigenvalue weighted by atomic mass is 9.71. The zero-order valence-electron chi connectivity index (χ0n) is 12.6. The van der Waals surface area contributed by atoms with E-state index in [1.165, 1.54) is 38.6 Å². The largest absolute Gasteiger partial charge is 0.383 e. The fourth-order valence-electron chi connectivity index (χ4n) is 4.31. The standard InChI is InChI=1S/C18H27NO/c1-20-12-11-19-14-16-13-18(16)10-6-5-9-17(18)15-7-3-2-4-8-15/h2-4,7-8,16-17,19H,5-6,9-14H2,1H3. The molecule has 0 saturated heterocycles. The normalized spacial score (nSPS) is 32.5. The molecule has 2 heteroatoms. The lowest BCUT2D eigenvalue weighted by molar-refractivity contribution is 0.197. The Bertz CT molecular complexity index is 419. The lowest BCUT2D eigenvalue weighted by Crippen LogP contribution is -2.27. The van der Waals surface area contributed by atoms with Crippen LogP contribution in [0, 0.1) is 11.3 Å². The van der Waals surface area contributed by atoms with Gasteiger partial charge in [0.25, 0.3) is 0 Å². The van der Waals surface area contributed by atoms with E-state index in [1.807, 2.05) is 0 Å². The summed E-state index contributed by atoms with van der Waals surface area (Å²) in [4.78, 5) is 0. The van der Waals surface area contributed by atoms with E-state index in [2.05, 4.69) is 35.6 Å². The van der Waals surface area contributed by atoms with E-state index in [0.29, 0.717) is 5.41 Å². The zero-order chi connectivity index (χ0) is 13.8. The van der Waals surface area contributed by atoms with Gasteiger partial charge in [-0.2, -0.15) is 0 Å². The summed E-state index contributed by atoms with van der Waals surface area (Å²) in [7, 11) is 1.77. The molecule has 1 aromatic carbocycles. The fraction of sp³-hybridized carbons (Fsp3) is 0.667. The summed E-state index contributed by atoms with van der Waals surface area (Å²) in [6.07, 6.45) is 7.08. The van der Waals surface area contributed by atoms with Crippen molar-refractivity contribution in [2.24, 2.45) is 11.3 Å². The minimum absolute atomic E-state index is 0.611. The zero-order valence-corrected chi connectivity index (χ0v) is 12.6. The molecule has 20 heavy (non-hydrogen) atoms. The van der Waals surface area contributed by atoms with Gasteiger partial charge >= 0.3 is 0 Å². The smallest absolute Gasteiger partial charge is 0.0587 e. The number of ether oxygens (including phenoxy) is 1. The molecule has 0 radical (unpaired) electrons. The minimum atomic E-state index is 0.611. The van der Waals surface area contributed by atoms with Crippen LogP contribution in [0.1, 0.15) is 43.6 Å². The third-order valence-corrected chi connectivity index (χ3v) is 5.43. The van der Waals surface area contributed by atoms with Gasteiger partial charge in [0, 0.05) is 13.7 Å². The minimum Gasteiger partial charge on any atom is -0.383 e. The monoisotopic (exact) mass is 273 g/mol. The van der Waals surface area contributed by atoms with Crippen molar-refractivity contribution in [2.75, 3.05) is 26.8 Å². The van der Waals surface area contributed by atoms with Crippen LogP contribution in [0.3, 0.4) is 0 Å². The van der Waals surface area contributed by atoms with Gasteiger partial charge in [0.05, 0.1) is 6.61 Å². The van der Waals surface area contributed by atoms with E-state index in [9.17, 15) is 0 Å². The van der Waals surface area contributed by atoms with Gasteiger partial charge in [-0.3, -0.25) is 0 Å². The number of hydrogen-bond donors (Lipinski definition) is 1. The van der Waals surface area contributed by atoms with Crippen LogP contribution >= 0.6 is 0 Å². The predicted molar refractivity (Wildman–Crippen MR) is 82.9 cm³/mol. The van der Waals surface area contributed by atoms with Crippen LogP contribution in [0.2, 0.25) is 0 Å². The molecule has 3 unspecified atom stereocenters. The maximum atomic E-state index is 5.11. The van der Waals surface area contributed by atoms with Gasteiger partial charge in [0.2, 0.25) is 0 Å². The van der Waals surface area contributed by atoms with Gasteiger partial charge in [-0.25, -0.2) is 0 Å². The van der Waals surface area contributed by atoms with Gasteiger partial charge < -0.3 is 10.1 Å². The van der Waals surface area contributed by atoms with Gasteiger partial charge in [0.15, 0.2) is 0 Å². The lowest BCUT2D eigenvalue weighted by Gasteiger charge is -2.33. The molecule has 3 atom stereocenters. The van der Waals surface area contributed by atoms with Crippen LogP contribution in [0.25, 0.3) is 0 Å². The molecule has 0 aromatic heterocycles. The van der Waals surface area contributed by atoms with E-state index in [1.54, 1.807) is 12.7 Å². The van der Waals surface area contributed by atoms with Crippen LogP contribution in [-0.2, 0) is 4.74 Å². The predicted octanol–water partition coefficient (Wildman–Crippen LogP) is 3.59. The summed E-state index contributed by atoms with van der Waals surface area (Å²) in [5.41, 5.74) is 2.19. The highest BCUT2D eigenvalue weighted by Crippen LogP contribution is 2.67. The number of rotatable bonds is 6. The van der Waals surface area contributed by atoms with Crippen molar-refractivity contribution in [1.82, 2.24) is 5.32 Å². The molecule has 1 spiro atoms. The summed E-state index contributed by atoms with van der Waals surface area (Å²) in [6, 6.07) is 11.2. The van der Waals surface area contributed by atoms with Gasteiger partial charge in [-0.05, 0) is 48.6 Å². The summed E-state index contributed by atoms with van der Waals surface area (Å²) in [5, 5.41) is 3.57. The Morgan fingerprint density at radius 3 is 2.90 bits per heavy atom. The molecule has 2 aliphatic carbocycles. The van der Waals surface area contributed by atoms with Crippen LogP contribution in [0.4, 0.5) is 0 Å². The van der Waals surface area contributed by atoms with Crippen LogP contribution in [0.15, 0.2) is 30.3 Å². The average Bonchev–Trinajstić information content (AvgIpc) is 3.18. The van der Waals surface area contributed by atoms with Crippen LogP contribution in [-0.4, -0.2) is 26.8 Å². The Kier molecular flexibility index (Phi) is 4.42. The van der Waals surface area contributed by atoms with Crippen molar-refractivity contribution in [3.63, 3.8) is 0 Å². The van der Waals surface area contributed by atoms with Gasteiger partial charge in [-0.1, -0.05) is 43.2 Å². The first kappa shape index (κ1) is 14.1. The Hall–Kier alpha value is -0.860. The topological polar surface area (TPSA) is 21.3 Å². The first-order chi connectivity index (χ1) is 9.87. The van der Waals surface area contributed by atoms with Crippen molar-refractivity contribution in [3.05, 3.63) is 35.9 Å². The van der Waals surface area contributed by atoms with Crippen LogP contribution < -0.4 is 5.32 Å².